The Morgan fingerprint density at radius 3 is 2.60 bits per heavy atom. The summed E-state index contributed by atoms with van der Waals surface area (Å²) < 4.78 is 4.87. The molecule has 0 aromatic heterocycles. The maximum atomic E-state index is 9.10. The Hall–Kier alpha value is -0.160. The van der Waals surface area contributed by atoms with E-state index in [1.807, 2.05) is 6.92 Å². The number of ether oxygens (including phenoxy) is 1. The molecule has 0 aliphatic carbocycles. The summed E-state index contributed by atoms with van der Waals surface area (Å²) in [5.74, 6) is 0. The number of hydrogen-bond acceptors (Lipinski definition) is 4. The van der Waals surface area contributed by atoms with Crippen molar-refractivity contribution in [3.63, 3.8) is 0 Å². The molecule has 2 atom stereocenters. The maximum absolute atomic E-state index is 9.10. The highest BCUT2D eigenvalue weighted by atomic mass is 16.5. The summed E-state index contributed by atoms with van der Waals surface area (Å²) >= 11 is 0. The van der Waals surface area contributed by atoms with Gasteiger partial charge in [-0.15, -0.1) is 0 Å². The molecule has 0 rings (SSSR count). The highest BCUT2D eigenvalue weighted by molar-refractivity contribution is 4.55. The lowest BCUT2D eigenvalue weighted by Crippen LogP contribution is -2.42. The van der Waals surface area contributed by atoms with E-state index in [0.29, 0.717) is 6.54 Å². The fraction of sp³-hybridized carbons (Fsp3) is 1.00. The van der Waals surface area contributed by atoms with E-state index in [-0.39, 0.29) is 6.23 Å². The molecule has 4 heteroatoms. The molecule has 0 aromatic carbocycles. The first kappa shape index (κ1) is 9.84. The Kier molecular flexibility index (Phi) is 5.52. The molecule has 0 aliphatic rings. The largest absolute Gasteiger partial charge is 0.377 e. The number of methoxy groups -OCH3 is 1. The van der Waals surface area contributed by atoms with Gasteiger partial charge in [0.15, 0.2) is 0 Å². The summed E-state index contributed by atoms with van der Waals surface area (Å²) in [6.07, 6.45) is -0.650. The number of aliphatic hydroxyl groups is 1. The van der Waals surface area contributed by atoms with Crippen LogP contribution in [0.4, 0.5) is 0 Å². The van der Waals surface area contributed by atoms with Gasteiger partial charge in [-0.25, -0.2) is 0 Å². The van der Waals surface area contributed by atoms with Gasteiger partial charge in [-0.3, -0.25) is 5.32 Å². The average Bonchev–Trinajstić information content (AvgIpc) is 1.88. The van der Waals surface area contributed by atoms with E-state index in [0.717, 1.165) is 0 Å². The fourth-order valence-electron chi connectivity index (χ4n) is 0.591. The Morgan fingerprint density at radius 2 is 2.20 bits per heavy atom. The minimum absolute atomic E-state index is 0.108. The lowest BCUT2D eigenvalue weighted by atomic mass is 10.5. The van der Waals surface area contributed by atoms with Crippen LogP contribution in [0.25, 0.3) is 0 Å². The molecule has 0 heterocycles. The van der Waals surface area contributed by atoms with Crippen molar-refractivity contribution in [1.82, 2.24) is 10.6 Å². The van der Waals surface area contributed by atoms with Gasteiger partial charge in [0.1, 0.15) is 12.5 Å². The standard InChI is InChI=1S/C6H16N2O2/c1-5(10-3)8-6(9)4-7-2/h5-9H,4H2,1-3H3. The molecule has 10 heavy (non-hydrogen) atoms. The van der Waals surface area contributed by atoms with E-state index in [2.05, 4.69) is 10.6 Å². The Balaban J connectivity index is 3.27. The van der Waals surface area contributed by atoms with Crippen LogP contribution in [-0.4, -0.2) is 38.3 Å². The van der Waals surface area contributed by atoms with Crippen LogP contribution in [0.5, 0.6) is 0 Å². The second-order valence-corrected chi connectivity index (χ2v) is 2.12. The first-order valence-corrected chi connectivity index (χ1v) is 3.32. The van der Waals surface area contributed by atoms with Crippen LogP contribution in [0.1, 0.15) is 6.92 Å². The van der Waals surface area contributed by atoms with Crippen molar-refractivity contribution in [2.75, 3.05) is 20.7 Å². The van der Waals surface area contributed by atoms with E-state index in [1.54, 1.807) is 14.2 Å². The average molecular weight is 148 g/mol. The Labute approximate surface area is 61.6 Å². The van der Waals surface area contributed by atoms with Crippen LogP contribution >= 0.6 is 0 Å². The van der Waals surface area contributed by atoms with E-state index in [9.17, 15) is 0 Å². The molecule has 62 valence electrons. The van der Waals surface area contributed by atoms with Gasteiger partial charge in [-0.2, -0.15) is 0 Å². The third-order valence-corrected chi connectivity index (χ3v) is 1.18. The predicted octanol–water partition coefficient (Wildman–Crippen LogP) is -0.894. The van der Waals surface area contributed by atoms with Crippen LogP contribution in [0, 0.1) is 0 Å². The number of nitrogens with one attached hydrogen (secondary N) is 2. The minimum Gasteiger partial charge on any atom is -0.377 e. The molecule has 3 N–H and O–H groups in total. The number of hydrogen-bond donors (Lipinski definition) is 3. The van der Waals surface area contributed by atoms with Gasteiger partial charge in [0.05, 0.1) is 0 Å². The molecule has 4 nitrogen and oxygen atoms in total. The molecule has 0 spiro atoms. The van der Waals surface area contributed by atoms with Gasteiger partial charge in [0.25, 0.3) is 0 Å². The molecular weight excluding hydrogens is 132 g/mol. The molecule has 2 unspecified atom stereocenters. The summed E-state index contributed by atoms with van der Waals surface area (Å²) in [5.41, 5.74) is 0. The van der Waals surface area contributed by atoms with E-state index >= 15 is 0 Å². The lowest BCUT2D eigenvalue weighted by molar-refractivity contribution is 0.0236. The molecular formula is C6H16N2O2. The van der Waals surface area contributed by atoms with Crippen LogP contribution in [-0.2, 0) is 4.74 Å². The number of likely N-dealkylation sites (N-methyl/N-ethyl adjacent to an activating group) is 1. The predicted molar refractivity (Wildman–Crippen MR) is 39.5 cm³/mol. The summed E-state index contributed by atoms with van der Waals surface area (Å²) in [5, 5.41) is 14.7. The highest BCUT2D eigenvalue weighted by Crippen LogP contribution is 1.82. The van der Waals surface area contributed by atoms with Crippen LogP contribution in [0.3, 0.4) is 0 Å². The number of rotatable bonds is 5. The second kappa shape index (κ2) is 5.61. The van der Waals surface area contributed by atoms with Gasteiger partial charge >= 0.3 is 0 Å². The smallest absolute Gasteiger partial charge is 0.119 e. The topological polar surface area (TPSA) is 53.5 Å². The molecule has 0 radical (unpaired) electrons. The molecule has 0 saturated carbocycles. The summed E-state index contributed by atoms with van der Waals surface area (Å²) in [7, 11) is 3.37. The summed E-state index contributed by atoms with van der Waals surface area (Å²) in [6, 6.07) is 0. The third kappa shape index (κ3) is 4.69. The number of aliphatic hydroxyl groups excluding tert-OH is 1. The van der Waals surface area contributed by atoms with Crippen molar-refractivity contribution in [3.8, 4) is 0 Å². The van der Waals surface area contributed by atoms with Gasteiger partial charge < -0.3 is 15.2 Å². The van der Waals surface area contributed by atoms with Crippen molar-refractivity contribution in [3.05, 3.63) is 0 Å². The molecule has 0 fully saturated rings. The van der Waals surface area contributed by atoms with Gasteiger partial charge in [0, 0.05) is 13.7 Å². The van der Waals surface area contributed by atoms with E-state index in [1.165, 1.54) is 0 Å². The summed E-state index contributed by atoms with van der Waals surface area (Å²) in [6.45, 7) is 2.35. The van der Waals surface area contributed by atoms with E-state index < -0.39 is 6.23 Å². The Bertz CT molecular complexity index is 80.1. The van der Waals surface area contributed by atoms with Gasteiger partial charge in [-0.05, 0) is 14.0 Å². The minimum atomic E-state index is -0.542. The van der Waals surface area contributed by atoms with Crippen molar-refractivity contribution >= 4 is 0 Å². The van der Waals surface area contributed by atoms with Crippen LogP contribution < -0.4 is 10.6 Å². The fourth-order valence-corrected chi connectivity index (χ4v) is 0.591. The quantitative estimate of drug-likeness (QED) is 0.443. The third-order valence-electron chi connectivity index (χ3n) is 1.18. The van der Waals surface area contributed by atoms with Crippen molar-refractivity contribution in [2.24, 2.45) is 0 Å². The Morgan fingerprint density at radius 1 is 1.60 bits per heavy atom. The molecule has 0 saturated heterocycles. The van der Waals surface area contributed by atoms with Gasteiger partial charge in [-0.1, -0.05) is 0 Å². The van der Waals surface area contributed by atoms with Crippen molar-refractivity contribution in [1.29, 1.82) is 0 Å². The van der Waals surface area contributed by atoms with Gasteiger partial charge in [0.2, 0.25) is 0 Å². The SMILES string of the molecule is CNCC(O)NC(C)OC. The zero-order valence-corrected chi connectivity index (χ0v) is 6.72. The molecule has 0 bridgehead atoms. The molecule has 0 aliphatic heterocycles. The molecule has 0 amide bonds. The zero-order valence-electron chi connectivity index (χ0n) is 6.72. The zero-order chi connectivity index (χ0) is 7.98. The normalized spacial score (nSPS) is 16.8. The van der Waals surface area contributed by atoms with Crippen LogP contribution in [0.2, 0.25) is 0 Å². The summed E-state index contributed by atoms with van der Waals surface area (Å²) in [4.78, 5) is 0. The monoisotopic (exact) mass is 148 g/mol. The van der Waals surface area contributed by atoms with Crippen molar-refractivity contribution < 1.29 is 9.84 Å². The van der Waals surface area contributed by atoms with E-state index in [4.69, 9.17) is 9.84 Å². The maximum Gasteiger partial charge on any atom is 0.119 e. The molecule has 0 aromatic rings. The second-order valence-electron chi connectivity index (χ2n) is 2.12. The highest BCUT2D eigenvalue weighted by Gasteiger charge is 2.04. The van der Waals surface area contributed by atoms with Crippen LogP contribution in [0.15, 0.2) is 0 Å². The van der Waals surface area contributed by atoms with Crippen molar-refractivity contribution in [2.45, 2.75) is 19.4 Å². The first-order valence-electron chi connectivity index (χ1n) is 3.32. The lowest BCUT2D eigenvalue weighted by Gasteiger charge is -2.16. The first-order chi connectivity index (χ1) is 4.70.